The van der Waals surface area contributed by atoms with Gasteiger partial charge in [0.05, 0.1) is 6.42 Å². The number of carboxylic acid groups (broad SMARTS) is 1. The van der Waals surface area contributed by atoms with Gasteiger partial charge in [-0.25, -0.2) is 4.79 Å². The maximum Gasteiger partial charge on any atom is 0.341 e. The number of benzene rings is 1. The molecule has 0 radical (unpaired) electrons. The Bertz CT molecular complexity index is 622. The van der Waals surface area contributed by atoms with Gasteiger partial charge < -0.3 is 14.7 Å². The number of nitrogens with zero attached hydrogens (tertiary/aromatic N) is 1. The van der Waals surface area contributed by atoms with Crippen LogP contribution in [0.1, 0.15) is 11.1 Å². The lowest BCUT2D eigenvalue weighted by Crippen LogP contribution is -2.27. The van der Waals surface area contributed by atoms with Crippen LogP contribution >= 0.6 is 11.3 Å². The summed E-state index contributed by atoms with van der Waals surface area (Å²) in [5, 5.41) is 12.5. The molecule has 5 nitrogen and oxygen atoms in total. The highest BCUT2D eigenvalue weighted by Gasteiger charge is 2.10. The van der Waals surface area contributed by atoms with Crippen molar-refractivity contribution in [2.24, 2.45) is 0 Å². The van der Waals surface area contributed by atoms with E-state index in [-0.39, 0.29) is 12.5 Å². The van der Waals surface area contributed by atoms with Crippen molar-refractivity contribution in [3.8, 4) is 5.75 Å². The average molecular weight is 319 g/mol. The van der Waals surface area contributed by atoms with Gasteiger partial charge in [-0.15, -0.1) is 0 Å². The van der Waals surface area contributed by atoms with Crippen LogP contribution in [0.15, 0.2) is 41.1 Å². The molecular weight excluding hydrogens is 302 g/mol. The summed E-state index contributed by atoms with van der Waals surface area (Å²) in [4.78, 5) is 24.2. The largest absolute Gasteiger partial charge is 0.482 e. The summed E-state index contributed by atoms with van der Waals surface area (Å²) in [5.41, 5.74) is 1.99. The summed E-state index contributed by atoms with van der Waals surface area (Å²) >= 11 is 1.58. The number of rotatable bonds is 7. The van der Waals surface area contributed by atoms with E-state index in [0.29, 0.717) is 18.7 Å². The molecule has 0 saturated heterocycles. The molecule has 1 aromatic carbocycles. The van der Waals surface area contributed by atoms with Gasteiger partial charge in [0.15, 0.2) is 6.61 Å². The summed E-state index contributed by atoms with van der Waals surface area (Å²) in [6.07, 6.45) is 0.403. The number of carbonyl (C=O) groups excluding carboxylic acids is 1. The third-order valence-electron chi connectivity index (χ3n) is 3.07. The van der Waals surface area contributed by atoms with Crippen LogP contribution in [0.4, 0.5) is 0 Å². The van der Waals surface area contributed by atoms with Crippen LogP contribution in [0.3, 0.4) is 0 Å². The Balaban J connectivity index is 1.86. The molecule has 0 bridgehead atoms. The smallest absolute Gasteiger partial charge is 0.341 e. The molecule has 2 aromatic rings. The summed E-state index contributed by atoms with van der Waals surface area (Å²) in [6, 6.07) is 9.01. The zero-order chi connectivity index (χ0) is 15.9. The number of likely N-dealkylation sites (N-methyl/N-ethyl adjacent to an activating group) is 1. The first-order chi connectivity index (χ1) is 10.5. The number of carboxylic acids is 1. The summed E-state index contributed by atoms with van der Waals surface area (Å²) in [7, 11) is 1.77. The molecule has 1 aromatic heterocycles. The monoisotopic (exact) mass is 319 g/mol. The molecule has 0 aliphatic rings. The number of hydrogen-bond acceptors (Lipinski definition) is 4. The average Bonchev–Trinajstić information content (AvgIpc) is 2.99. The second-order valence-electron chi connectivity index (χ2n) is 4.88. The third kappa shape index (κ3) is 4.89. The minimum Gasteiger partial charge on any atom is -0.482 e. The Morgan fingerprint density at radius 1 is 1.18 bits per heavy atom. The lowest BCUT2D eigenvalue weighted by atomic mass is 10.2. The lowest BCUT2D eigenvalue weighted by molar-refractivity contribution is -0.139. The summed E-state index contributed by atoms with van der Waals surface area (Å²) in [6.45, 7) is 0.139. The predicted octanol–water partition coefficient (Wildman–Crippen LogP) is 2.41. The molecule has 0 unspecified atom stereocenters. The number of aliphatic carboxylic acids is 1. The van der Waals surface area contributed by atoms with Crippen molar-refractivity contribution in [1.29, 1.82) is 0 Å². The highest BCUT2D eigenvalue weighted by molar-refractivity contribution is 7.07. The SMILES string of the molecule is CN(Cc1ccc(OCC(=O)O)cc1)C(=O)Cc1ccsc1. The summed E-state index contributed by atoms with van der Waals surface area (Å²) in [5.74, 6) is -0.453. The van der Waals surface area contributed by atoms with Gasteiger partial charge in [0, 0.05) is 13.6 Å². The zero-order valence-corrected chi connectivity index (χ0v) is 13.0. The molecular formula is C16H17NO4S. The molecule has 0 aliphatic carbocycles. The quantitative estimate of drug-likeness (QED) is 0.851. The van der Waals surface area contributed by atoms with Gasteiger partial charge in [-0.1, -0.05) is 12.1 Å². The molecule has 116 valence electrons. The number of thiophene rings is 1. The number of amides is 1. The van der Waals surface area contributed by atoms with E-state index in [1.54, 1.807) is 35.4 Å². The van der Waals surface area contributed by atoms with Gasteiger partial charge >= 0.3 is 5.97 Å². The van der Waals surface area contributed by atoms with E-state index < -0.39 is 5.97 Å². The van der Waals surface area contributed by atoms with Crippen LogP contribution in [-0.4, -0.2) is 35.5 Å². The van der Waals surface area contributed by atoms with E-state index in [4.69, 9.17) is 9.84 Å². The number of ether oxygens (including phenoxy) is 1. The molecule has 0 spiro atoms. The highest BCUT2D eigenvalue weighted by Crippen LogP contribution is 2.14. The van der Waals surface area contributed by atoms with E-state index in [1.165, 1.54) is 0 Å². The number of hydrogen-bond donors (Lipinski definition) is 1. The predicted molar refractivity (Wildman–Crippen MR) is 84.1 cm³/mol. The fourth-order valence-electron chi connectivity index (χ4n) is 1.90. The van der Waals surface area contributed by atoms with Gasteiger partial charge in [0.1, 0.15) is 5.75 Å². The molecule has 2 rings (SSSR count). The Morgan fingerprint density at radius 2 is 1.91 bits per heavy atom. The van der Waals surface area contributed by atoms with Crippen LogP contribution in [0, 0.1) is 0 Å². The van der Waals surface area contributed by atoms with Gasteiger partial charge in [0.25, 0.3) is 0 Å². The number of carbonyl (C=O) groups is 2. The Hall–Kier alpha value is -2.34. The van der Waals surface area contributed by atoms with Gasteiger partial charge in [-0.2, -0.15) is 11.3 Å². The van der Waals surface area contributed by atoms with Crippen LogP contribution in [0.25, 0.3) is 0 Å². The van der Waals surface area contributed by atoms with Crippen molar-refractivity contribution in [1.82, 2.24) is 4.90 Å². The Labute approximate surface area is 132 Å². The standard InChI is InChI=1S/C16H17NO4S/c1-17(15(18)8-13-6-7-22-11-13)9-12-2-4-14(5-3-12)21-10-16(19)20/h2-7,11H,8-10H2,1H3,(H,19,20). The Morgan fingerprint density at radius 3 is 2.50 bits per heavy atom. The zero-order valence-electron chi connectivity index (χ0n) is 12.2. The molecule has 1 heterocycles. The first-order valence-electron chi connectivity index (χ1n) is 6.73. The fraction of sp³-hybridized carbons (Fsp3) is 0.250. The minimum absolute atomic E-state index is 0.0598. The molecule has 1 N–H and O–H groups in total. The third-order valence-corrected chi connectivity index (χ3v) is 3.80. The topological polar surface area (TPSA) is 66.8 Å². The van der Waals surface area contributed by atoms with Crippen molar-refractivity contribution in [3.63, 3.8) is 0 Å². The minimum atomic E-state index is -1.01. The fourth-order valence-corrected chi connectivity index (χ4v) is 2.57. The lowest BCUT2D eigenvalue weighted by Gasteiger charge is -2.17. The Kier molecular flexibility index (Phi) is 5.55. The first kappa shape index (κ1) is 16.0. The van der Waals surface area contributed by atoms with E-state index in [0.717, 1.165) is 11.1 Å². The summed E-state index contributed by atoms with van der Waals surface area (Å²) < 4.78 is 5.07. The van der Waals surface area contributed by atoms with Crippen molar-refractivity contribution in [3.05, 3.63) is 52.2 Å². The molecule has 0 fully saturated rings. The highest BCUT2D eigenvalue weighted by atomic mass is 32.1. The first-order valence-corrected chi connectivity index (χ1v) is 7.67. The van der Waals surface area contributed by atoms with Crippen LogP contribution in [0.2, 0.25) is 0 Å². The van der Waals surface area contributed by atoms with E-state index in [9.17, 15) is 9.59 Å². The van der Waals surface area contributed by atoms with E-state index >= 15 is 0 Å². The molecule has 1 amide bonds. The normalized spacial score (nSPS) is 10.2. The van der Waals surface area contributed by atoms with Crippen molar-refractivity contribution in [2.45, 2.75) is 13.0 Å². The van der Waals surface area contributed by atoms with Gasteiger partial charge in [-0.3, -0.25) is 4.79 Å². The molecule has 6 heteroatoms. The van der Waals surface area contributed by atoms with E-state index in [2.05, 4.69) is 0 Å². The molecule has 0 atom stereocenters. The van der Waals surface area contributed by atoms with E-state index in [1.807, 2.05) is 29.0 Å². The van der Waals surface area contributed by atoms with Crippen molar-refractivity contribution in [2.75, 3.05) is 13.7 Å². The van der Waals surface area contributed by atoms with Crippen molar-refractivity contribution >= 4 is 23.2 Å². The van der Waals surface area contributed by atoms with Crippen LogP contribution in [-0.2, 0) is 22.6 Å². The van der Waals surface area contributed by atoms with Crippen LogP contribution in [0.5, 0.6) is 5.75 Å². The van der Waals surface area contributed by atoms with Crippen LogP contribution < -0.4 is 4.74 Å². The maximum atomic E-state index is 12.1. The second kappa shape index (κ2) is 7.61. The van der Waals surface area contributed by atoms with Gasteiger partial charge in [-0.05, 0) is 40.1 Å². The molecule has 0 aliphatic heterocycles. The van der Waals surface area contributed by atoms with Crippen molar-refractivity contribution < 1.29 is 19.4 Å². The molecule has 0 saturated carbocycles. The second-order valence-corrected chi connectivity index (χ2v) is 5.66. The molecule has 22 heavy (non-hydrogen) atoms. The maximum absolute atomic E-state index is 12.1. The van der Waals surface area contributed by atoms with Gasteiger partial charge in [0.2, 0.25) is 5.91 Å².